The first kappa shape index (κ1) is 18.0. The van der Waals surface area contributed by atoms with Gasteiger partial charge in [-0.15, -0.1) is 0 Å². The molecule has 1 atom stereocenters. The Balaban J connectivity index is 1.18. The maximum absolute atomic E-state index is 4.64. The second-order valence-electron chi connectivity index (χ2n) is 8.22. The van der Waals surface area contributed by atoms with E-state index in [9.17, 15) is 0 Å². The molecule has 0 saturated heterocycles. The fraction of sp³-hybridized carbons (Fsp3) is 0.200. The van der Waals surface area contributed by atoms with E-state index in [0.29, 0.717) is 6.04 Å². The molecule has 0 radical (unpaired) electrons. The molecule has 31 heavy (non-hydrogen) atoms. The molecule has 6 nitrogen and oxygen atoms in total. The van der Waals surface area contributed by atoms with Crippen molar-refractivity contribution in [2.45, 2.75) is 31.5 Å². The molecule has 2 N–H and O–H groups in total. The molecule has 2 aliphatic heterocycles. The Kier molecular flexibility index (Phi) is 4.34. The highest BCUT2D eigenvalue weighted by Crippen LogP contribution is 2.31. The van der Waals surface area contributed by atoms with Gasteiger partial charge in [0.1, 0.15) is 6.17 Å². The van der Waals surface area contributed by atoms with Gasteiger partial charge >= 0.3 is 0 Å². The third kappa shape index (κ3) is 3.40. The standard InChI is InChI=1S/C25H24N6/c1-2-6-19-16-23(15-18(19)5-1)30-13-3-7-20-17-26-25(29-24(20)30)28-21-8-10-22(11-9-21)31-14-4-12-27-31/h1-6,8-14,17,23-24H,7,15-16H2,(H2,26,28,29). The number of nitrogens with one attached hydrogen (secondary N) is 2. The third-order valence-electron chi connectivity index (χ3n) is 6.26. The van der Waals surface area contributed by atoms with Crippen LogP contribution in [0.3, 0.4) is 0 Å². The van der Waals surface area contributed by atoms with Crippen LogP contribution in [0.1, 0.15) is 17.5 Å². The normalized spacial score (nSPS) is 19.9. The number of allylic oxidation sites excluding steroid dienone is 1. The largest absolute Gasteiger partial charge is 0.351 e. The number of fused-ring (bicyclic) bond motifs is 2. The van der Waals surface area contributed by atoms with Gasteiger partial charge in [0.25, 0.3) is 0 Å². The Bertz CT molecular complexity index is 1150. The number of aromatic nitrogens is 2. The highest BCUT2D eigenvalue weighted by molar-refractivity contribution is 5.95. The summed E-state index contributed by atoms with van der Waals surface area (Å²) in [5.41, 5.74) is 6.26. The van der Waals surface area contributed by atoms with Crippen molar-refractivity contribution < 1.29 is 0 Å². The molecule has 0 bridgehead atoms. The van der Waals surface area contributed by atoms with Crippen molar-refractivity contribution in [3.63, 3.8) is 0 Å². The zero-order chi connectivity index (χ0) is 20.6. The molecular weight excluding hydrogens is 384 g/mol. The van der Waals surface area contributed by atoms with E-state index in [4.69, 9.17) is 0 Å². The van der Waals surface area contributed by atoms with E-state index in [1.165, 1.54) is 16.7 Å². The fourth-order valence-electron chi connectivity index (χ4n) is 4.71. The van der Waals surface area contributed by atoms with Crippen LogP contribution in [0.15, 0.2) is 96.0 Å². The molecule has 3 heterocycles. The first-order valence-electron chi connectivity index (χ1n) is 10.7. The molecule has 6 heteroatoms. The Labute approximate surface area is 181 Å². The minimum Gasteiger partial charge on any atom is -0.351 e. The quantitative estimate of drug-likeness (QED) is 0.691. The van der Waals surface area contributed by atoms with Gasteiger partial charge in [-0.25, -0.2) is 9.67 Å². The number of rotatable bonds is 3. The van der Waals surface area contributed by atoms with Gasteiger partial charge in [-0.1, -0.05) is 30.3 Å². The van der Waals surface area contributed by atoms with Crippen LogP contribution in [-0.4, -0.2) is 32.8 Å². The van der Waals surface area contributed by atoms with Gasteiger partial charge in [-0.3, -0.25) is 0 Å². The maximum Gasteiger partial charge on any atom is 0.202 e. The minimum absolute atomic E-state index is 0.132. The van der Waals surface area contributed by atoms with Crippen molar-refractivity contribution in [3.05, 3.63) is 102 Å². The van der Waals surface area contributed by atoms with Crippen molar-refractivity contribution in [2.24, 2.45) is 4.99 Å². The van der Waals surface area contributed by atoms with Gasteiger partial charge in [0.05, 0.1) is 5.69 Å². The molecule has 0 spiro atoms. The number of nitrogens with zero attached hydrogens (tertiary/aromatic N) is 4. The minimum atomic E-state index is 0.132. The lowest BCUT2D eigenvalue weighted by Gasteiger charge is -2.41. The van der Waals surface area contributed by atoms with Crippen molar-refractivity contribution in [3.8, 4) is 5.69 Å². The highest BCUT2D eigenvalue weighted by Gasteiger charge is 2.34. The molecule has 0 saturated carbocycles. The zero-order valence-corrected chi connectivity index (χ0v) is 17.1. The Morgan fingerprint density at radius 1 is 0.968 bits per heavy atom. The second-order valence-corrected chi connectivity index (χ2v) is 8.22. The number of guanidine groups is 1. The summed E-state index contributed by atoms with van der Waals surface area (Å²) in [5, 5.41) is 11.3. The lowest BCUT2D eigenvalue weighted by Crippen LogP contribution is -2.55. The third-order valence-corrected chi connectivity index (χ3v) is 6.26. The van der Waals surface area contributed by atoms with Crippen LogP contribution in [-0.2, 0) is 12.8 Å². The lowest BCUT2D eigenvalue weighted by molar-refractivity contribution is 0.209. The van der Waals surface area contributed by atoms with Crippen LogP contribution in [0, 0.1) is 0 Å². The number of anilines is 1. The number of hydrogen-bond donors (Lipinski definition) is 2. The first-order valence-corrected chi connectivity index (χ1v) is 10.7. The topological polar surface area (TPSA) is 57.5 Å². The van der Waals surface area contributed by atoms with Crippen LogP contribution < -0.4 is 10.6 Å². The monoisotopic (exact) mass is 408 g/mol. The van der Waals surface area contributed by atoms with Gasteiger partial charge in [0, 0.05) is 30.3 Å². The van der Waals surface area contributed by atoms with Crippen LogP contribution in [0.5, 0.6) is 0 Å². The molecule has 1 aliphatic carbocycles. The lowest BCUT2D eigenvalue weighted by atomic mass is 10.0. The van der Waals surface area contributed by atoms with Crippen LogP contribution in [0.25, 0.3) is 5.69 Å². The molecule has 1 aromatic heterocycles. The summed E-state index contributed by atoms with van der Waals surface area (Å²) >= 11 is 0. The van der Waals surface area contributed by atoms with E-state index in [1.54, 1.807) is 6.20 Å². The van der Waals surface area contributed by atoms with E-state index < -0.39 is 0 Å². The number of aliphatic imine (C=N–C) groups is 1. The molecule has 3 aliphatic rings. The maximum atomic E-state index is 4.64. The summed E-state index contributed by atoms with van der Waals surface area (Å²) in [6, 6.07) is 19.4. The van der Waals surface area contributed by atoms with Crippen molar-refractivity contribution in [2.75, 3.05) is 5.32 Å². The molecule has 1 unspecified atom stereocenters. The van der Waals surface area contributed by atoms with E-state index in [0.717, 1.165) is 36.6 Å². The molecule has 0 amide bonds. The SMILES string of the molecule is C1=CN(C2Cc3ccccc3C2)C2NC(Nc3ccc(-n4cccn4)cc3)=NC=C2C1. The average Bonchev–Trinajstić information content (AvgIpc) is 3.49. The Hall–Kier alpha value is -3.80. The van der Waals surface area contributed by atoms with E-state index >= 15 is 0 Å². The summed E-state index contributed by atoms with van der Waals surface area (Å²) in [4.78, 5) is 7.10. The van der Waals surface area contributed by atoms with Gasteiger partial charge in [-0.2, -0.15) is 5.10 Å². The molecule has 2 aromatic carbocycles. The van der Waals surface area contributed by atoms with E-state index in [-0.39, 0.29) is 6.17 Å². The smallest absolute Gasteiger partial charge is 0.202 e. The number of hydrogen-bond acceptors (Lipinski definition) is 5. The van der Waals surface area contributed by atoms with Crippen molar-refractivity contribution in [1.82, 2.24) is 20.0 Å². The van der Waals surface area contributed by atoms with Crippen molar-refractivity contribution in [1.29, 1.82) is 0 Å². The van der Waals surface area contributed by atoms with E-state index in [1.807, 2.05) is 47.4 Å². The molecule has 3 aromatic rings. The summed E-state index contributed by atoms with van der Waals surface area (Å²) in [6.45, 7) is 0. The summed E-state index contributed by atoms with van der Waals surface area (Å²) in [6.07, 6.45) is 13.5. The van der Waals surface area contributed by atoms with Gasteiger partial charge < -0.3 is 15.5 Å². The highest BCUT2D eigenvalue weighted by atomic mass is 15.3. The van der Waals surface area contributed by atoms with Crippen molar-refractivity contribution >= 4 is 11.6 Å². The average molecular weight is 409 g/mol. The molecule has 6 rings (SSSR count). The first-order chi connectivity index (χ1) is 15.3. The summed E-state index contributed by atoms with van der Waals surface area (Å²) in [5.74, 6) is 0.774. The predicted molar refractivity (Wildman–Crippen MR) is 123 cm³/mol. The van der Waals surface area contributed by atoms with Crippen LogP contribution in [0.4, 0.5) is 5.69 Å². The summed E-state index contributed by atoms with van der Waals surface area (Å²) in [7, 11) is 0. The Morgan fingerprint density at radius 2 is 1.77 bits per heavy atom. The second kappa shape index (κ2) is 7.47. The fourth-order valence-corrected chi connectivity index (χ4v) is 4.71. The van der Waals surface area contributed by atoms with Gasteiger partial charge in [0.2, 0.25) is 5.96 Å². The zero-order valence-electron chi connectivity index (χ0n) is 17.1. The molecule has 0 fully saturated rings. The Morgan fingerprint density at radius 3 is 2.52 bits per heavy atom. The summed E-state index contributed by atoms with van der Waals surface area (Å²) < 4.78 is 1.85. The molecular formula is C25H24N6. The predicted octanol–water partition coefficient (Wildman–Crippen LogP) is 3.84. The van der Waals surface area contributed by atoms with Crippen LogP contribution in [0.2, 0.25) is 0 Å². The van der Waals surface area contributed by atoms with Gasteiger partial charge in [0.15, 0.2) is 0 Å². The number of benzene rings is 2. The van der Waals surface area contributed by atoms with Gasteiger partial charge in [-0.05, 0) is 72.5 Å². The van der Waals surface area contributed by atoms with E-state index in [2.05, 4.69) is 62.2 Å². The van der Waals surface area contributed by atoms with Crippen LogP contribution >= 0.6 is 0 Å². The molecule has 154 valence electrons.